The van der Waals surface area contributed by atoms with Gasteiger partial charge in [0.05, 0.1) is 136 Å². The largest absolute Gasteiger partial charge is 0.472 e. The Morgan fingerprint density at radius 3 is 1.18 bits per heavy atom. The monoisotopic (exact) mass is 1900 g/mol. The third-order valence-corrected chi connectivity index (χ3v) is 25.9. The first-order valence-corrected chi connectivity index (χ1v) is 47.2. The van der Waals surface area contributed by atoms with Gasteiger partial charge in [-0.25, -0.2) is 28.7 Å². The van der Waals surface area contributed by atoms with Gasteiger partial charge in [-0.15, -0.1) is 0 Å². The number of unbranched alkanes of at least 4 members (excludes halogenated alkanes) is 1. The van der Waals surface area contributed by atoms with Gasteiger partial charge in [0.25, 0.3) is 5.92 Å². The molecule has 2 amide bonds. The molecule has 0 aliphatic carbocycles. The molecule has 141 heavy (non-hydrogen) atoms. The number of furan rings is 2. The van der Waals surface area contributed by atoms with Crippen LogP contribution >= 0.6 is 22.7 Å². The maximum atomic E-state index is 13.6. The third kappa shape index (κ3) is 18.3. The number of aromatic amines is 8. The fourth-order valence-corrected chi connectivity index (χ4v) is 18.5. The Balaban J connectivity index is 0.000000108. The van der Waals surface area contributed by atoms with E-state index in [1.165, 1.54) is 0 Å². The van der Waals surface area contributed by atoms with Crippen LogP contribution in [-0.2, 0) is 16.1 Å². The predicted octanol–water partition coefficient (Wildman–Crippen LogP) is 23.3. The number of nitrogens with zero attached hydrogens (tertiary/aromatic N) is 18. The number of aromatic nitrogens is 24. The number of likely N-dealkylation sites (tertiary alicyclic amines) is 1. The van der Waals surface area contributed by atoms with Crippen molar-refractivity contribution in [2.75, 3.05) is 42.7 Å². The van der Waals surface area contributed by atoms with Crippen molar-refractivity contribution in [2.24, 2.45) is 5.41 Å². The molecule has 0 bridgehead atoms. The molecule has 0 atom stereocenters. The van der Waals surface area contributed by atoms with E-state index in [0.29, 0.717) is 71.3 Å². The van der Waals surface area contributed by atoms with E-state index >= 15 is 0 Å². The number of alkyl halides is 2. The van der Waals surface area contributed by atoms with Gasteiger partial charge in [0.15, 0.2) is 23.3 Å². The summed E-state index contributed by atoms with van der Waals surface area (Å²) in [6.07, 6.45) is 37.3. The van der Waals surface area contributed by atoms with Gasteiger partial charge in [0.1, 0.15) is 44.8 Å². The lowest BCUT2D eigenvalue weighted by molar-refractivity contribution is -0.123. The number of H-pyrrole nitrogens is 8. The van der Waals surface area contributed by atoms with E-state index in [9.17, 15) is 18.4 Å². The second-order valence-electron chi connectivity index (χ2n) is 35.6. The maximum absolute atomic E-state index is 13.6. The number of rotatable bonds is 20. The third-order valence-electron chi connectivity index (χ3n) is 24.5. The van der Waals surface area contributed by atoms with Gasteiger partial charge in [0, 0.05) is 178 Å². The zero-order chi connectivity index (χ0) is 96.0. The minimum absolute atomic E-state index is 0.00228. The molecule has 1 aliphatic rings. The van der Waals surface area contributed by atoms with Crippen molar-refractivity contribution in [1.82, 2.24) is 125 Å². The van der Waals surface area contributed by atoms with Gasteiger partial charge < -0.3 is 44.3 Å². The zero-order valence-electron chi connectivity index (χ0n) is 76.6. The molecule has 1 fully saturated rings. The Morgan fingerprint density at radius 1 is 0.426 bits per heavy atom. The minimum Gasteiger partial charge on any atom is -0.472 e. The maximum Gasteiger partial charge on any atom is 0.261 e. The van der Waals surface area contributed by atoms with Crippen LogP contribution in [-0.4, -0.2) is 170 Å². The molecule has 0 radical (unpaired) electrons. The fraction of sp³-hybridized carbons (Fsp3) is 0.143. The molecule has 0 saturated carbocycles. The van der Waals surface area contributed by atoms with E-state index in [-0.39, 0.29) is 24.8 Å². The highest BCUT2D eigenvalue weighted by Gasteiger charge is 2.38. The highest BCUT2D eigenvalue weighted by molar-refractivity contribution is 7.08. The average molecular weight is 1910 g/mol. The van der Waals surface area contributed by atoms with Gasteiger partial charge in [-0.3, -0.25) is 74.8 Å². The summed E-state index contributed by atoms with van der Waals surface area (Å²) in [5, 5.41) is 48.6. The summed E-state index contributed by atoms with van der Waals surface area (Å²) in [4.78, 5) is 96.3. The number of thiophene rings is 2. The lowest BCUT2D eigenvalue weighted by atomic mass is 9.95. The quantitative estimate of drug-likeness (QED) is 0.0339. The Labute approximate surface area is 808 Å². The molecular formula is C105H86F2N28O4S2. The molecule has 0 spiro atoms. The molecule has 36 heteroatoms. The molecule has 20 aromatic heterocycles. The Kier molecular flexibility index (Phi) is 23.5. The summed E-state index contributed by atoms with van der Waals surface area (Å²) in [5.74, 6) is -0.0274. The van der Waals surface area contributed by atoms with E-state index in [1.54, 1.807) is 127 Å². The van der Waals surface area contributed by atoms with Gasteiger partial charge in [-0.1, -0.05) is 58.4 Å². The molecule has 1 aliphatic heterocycles. The first kappa shape index (κ1) is 88.6. The van der Waals surface area contributed by atoms with Gasteiger partial charge in [-0.05, 0) is 164 Å². The smallest absolute Gasteiger partial charge is 0.261 e. The summed E-state index contributed by atoms with van der Waals surface area (Å²) >= 11 is 3.29. The summed E-state index contributed by atoms with van der Waals surface area (Å²) in [6, 6.07) is 40.3. The molecular weight excluding hydrogens is 1820 g/mol. The number of halogens is 2. The number of imidazole rings is 4. The van der Waals surface area contributed by atoms with Crippen molar-refractivity contribution in [3.05, 3.63) is 273 Å². The average Bonchev–Trinajstić information content (AvgIpc) is 1.69. The number of carbonyl (C=O) groups excluding carboxylic acids is 2. The van der Waals surface area contributed by atoms with E-state index in [2.05, 4.69) is 177 Å². The van der Waals surface area contributed by atoms with Gasteiger partial charge >= 0.3 is 0 Å². The van der Waals surface area contributed by atoms with E-state index in [1.807, 2.05) is 149 Å². The standard InChI is InChI=1S/C27H21F2N7S.2C27H23N7O2.C24H19N7S/c28-27(29)4-5-36(15-27)13-16-7-19(10-30-9-16)17-1-2-22-20(8-17)25(35-34-22)26-32-23-12-31-11-21(24(23)33-26)18-3-6-37-14-18;1-27(2,3)26(35)30-18-8-17(10-28-11-18)15-4-5-21-19(9-15)24(34-33-21)25-31-22-13-29-12-20(23(22)32-25)16-6-7-36-14-16;1-2-3-4-24(35)30-19-9-18(11-28-12-19)16-5-6-22-20(10-16)26(34-33-22)27-31-23-14-29-13-21(25(23)32-27)17-7-8-36-15-17;1-31(2)17-7-16(9-25-10-17)14-3-4-20-18(8-14)23(30-29-20)24-27-21-12-26-11-19(22(21)28-24)15-5-6-32-13-15/h1-3,6-12,14H,4-5,13,15H2,(H,32,33)(H,34,35);4-14H,1-3H3,(H,30,35)(H,31,32)(H,33,34);5-15H,2-4H2,1H3,(H,30,35)(H,31,32)(H,33,34);3-13H,1-2H3,(H,27,28)(H,29,30). The summed E-state index contributed by atoms with van der Waals surface area (Å²) in [7, 11) is 4.03. The normalized spacial score (nSPS) is 12.7. The Morgan fingerprint density at radius 2 is 0.809 bits per heavy atom. The van der Waals surface area contributed by atoms with Crippen molar-refractivity contribution in [2.45, 2.75) is 65.8 Å². The first-order valence-electron chi connectivity index (χ1n) is 45.3. The van der Waals surface area contributed by atoms with Crippen LogP contribution in [0.25, 0.3) is 223 Å². The number of fused-ring (bicyclic) bond motifs is 8. The lowest BCUT2D eigenvalue weighted by Gasteiger charge is -2.17. The summed E-state index contributed by atoms with van der Waals surface area (Å²) in [6.45, 7) is 8.33. The number of anilines is 3. The number of nitrogens with one attached hydrogen (secondary N) is 10. The number of hydrogen-bond donors (Lipinski definition) is 10. The summed E-state index contributed by atoms with van der Waals surface area (Å²) in [5.41, 5.74) is 31.5. The highest BCUT2D eigenvalue weighted by atomic mass is 32.1. The topological polar surface area (TPSA) is 424 Å². The molecule has 4 aromatic carbocycles. The minimum atomic E-state index is -2.61. The predicted molar refractivity (Wildman–Crippen MR) is 546 cm³/mol. The number of amides is 2. The van der Waals surface area contributed by atoms with Crippen molar-refractivity contribution in [3.8, 4) is 135 Å². The van der Waals surface area contributed by atoms with Crippen LogP contribution < -0.4 is 15.5 Å². The van der Waals surface area contributed by atoms with Gasteiger partial charge in [-0.2, -0.15) is 43.1 Å². The van der Waals surface area contributed by atoms with E-state index < -0.39 is 11.3 Å². The lowest BCUT2D eigenvalue weighted by Crippen LogP contribution is -2.27. The second kappa shape index (κ2) is 37.5. The second-order valence-corrected chi connectivity index (χ2v) is 37.1. The molecule has 0 unspecified atom stereocenters. The van der Waals surface area contributed by atoms with Crippen LogP contribution in [0, 0.1) is 5.41 Å². The SMILES string of the molecule is CC(C)(C)C(=O)Nc1cncc(-c2ccc3[nH]nc(-c4nc5c(-c6ccoc6)cncc5[nH]4)c3c2)c1.CCCCC(=O)Nc1cncc(-c2ccc3[nH]nc(-c4nc5c(-c6ccoc6)cncc5[nH]4)c3c2)c1.CN(C)c1cncc(-c2ccc3[nH]nc(-c4nc5c(-c6ccsc6)cncc5[nH]4)c3c2)c1.FC1(F)CCN(Cc2cncc(-c3ccc4[nH]nc(-c5nc6c(-c7ccsc7)cncc6[nH]5)c4c3)c2)C1. The van der Waals surface area contributed by atoms with Crippen molar-refractivity contribution in [1.29, 1.82) is 0 Å². The molecule has 1 saturated heterocycles. The fourth-order valence-electron chi connectivity index (χ4n) is 17.2. The molecule has 21 heterocycles. The van der Waals surface area contributed by atoms with Crippen LogP contribution in [0.1, 0.15) is 58.9 Å². The van der Waals surface area contributed by atoms with Crippen LogP contribution in [0.15, 0.2) is 276 Å². The molecule has 24 aromatic rings. The van der Waals surface area contributed by atoms with Crippen molar-refractivity contribution < 1.29 is 27.2 Å². The molecule has 10 N–H and O–H groups in total. The number of hydrogen-bond acceptors (Lipinski definition) is 24. The zero-order valence-corrected chi connectivity index (χ0v) is 78.2. The Bertz CT molecular complexity index is 8720. The van der Waals surface area contributed by atoms with E-state index in [0.717, 1.165) is 207 Å². The van der Waals surface area contributed by atoms with Crippen LogP contribution in [0.3, 0.4) is 0 Å². The first-order chi connectivity index (χ1) is 68.7. The van der Waals surface area contributed by atoms with Gasteiger partial charge in [0.2, 0.25) is 11.8 Å². The summed E-state index contributed by atoms with van der Waals surface area (Å²) < 4.78 is 37.7. The van der Waals surface area contributed by atoms with Crippen LogP contribution in [0.2, 0.25) is 0 Å². The number of pyridine rings is 8. The molecule has 25 rings (SSSR count). The molecule has 696 valence electrons. The number of benzene rings is 4. The van der Waals surface area contributed by atoms with Crippen LogP contribution in [0.5, 0.6) is 0 Å². The van der Waals surface area contributed by atoms with E-state index in [4.69, 9.17) is 28.8 Å². The Hall–Kier alpha value is -17.6. The number of carbonyl (C=O) groups is 2. The van der Waals surface area contributed by atoms with Crippen molar-refractivity contribution in [3.63, 3.8) is 0 Å². The van der Waals surface area contributed by atoms with Crippen LogP contribution in [0.4, 0.5) is 25.8 Å². The highest BCUT2D eigenvalue weighted by Crippen LogP contribution is 2.42. The van der Waals surface area contributed by atoms with Crippen molar-refractivity contribution >= 4 is 139 Å². The molecule has 32 nitrogen and oxygen atoms in total.